The minimum atomic E-state index is -0.182. The van der Waals surface area contributed by atoms with Crippen molar-refractivity contribution >= 4 is 11.6 Å². The Hall–Kier alpha value is -2.49. The molecular weight excluding hydrogens is 288 g/mol. The van der Waals surface area contributed by atoms with Gasteiger partial charge in [0.05, 0.1) is 11.7 Å². The Balaban J connectivity index is 1.97. The largest absolute Gasteiger partial charge is 0.491 e. The quantitative estimate of drug-likeness (QED) is 0.926. The van der Waals surface area contributed by atoms with E-state index in [0.717, 1.165) is 22.6 Å². The van der Waals surface area contributed by atoms with Crippen LogP contribution in [0.15, 0.2) is 48.5 Å². The van der Waals surface area contributed by atoms with Gasteiger partial charge in [0.25, 0.3) is 5.91 Å². The van der Waals surface area contributed by atoms with E-state index >= 15 is 0 Å². The molecule has 3 rings (SSSR count). The van der Waals surface area contributed by atoms with Crippen LogP contribution in [0, 0.1) is 0 Å². The van der Waals surface area contributed by atoms with Gasteiger partial charge in [-0.15, -0.1) is 0 Å². The SMILES string of the molecule is CCN1C(=O)c2ccccc2NC1c1cccc(OC(C)C)c1. The van der Waals surface area contributed by atoms with Crippen molar-refractivity contribution in [3.63, 3.8) is 0 Å². The molecule has 0 spiro atoms. The molecule has 1 unspecified atom stereocenters. The number of nitrogens with one attached hydrogen (secondary N) is 1. The van der Waals surface area contributed by atoms with E-state index in [1.54, 1.807) is 0 Å². The van der Waals surface area contributed by atoms with Gasteiger partial charge in [-0.3, -0.25) is 4.79 Å². The van der Waals surface area contributed by atoms with E-state index in [1.165, 1.54) is 0 Å². The Morgan fingerprint density at radius 3 is 2.70 bits per heavy atom. The predicted octanol–water partition coefficient (Wildman–Crippen LogP) is 4.06. The Morgan fingerprint density at radius 1 is 1.17 bits per heavy atom. The molecule has 1 N–H and O–H groups in total. The van der Waals surface area contributed by atoms with Crippen molar-refractivity contribution < 1.29 is 9.53 Å². The zero-order valence-corrected chi connectivity index (χ0v) is 13.7. The van der Waals surface area contributed by atoms with Crippen molar-refractivity contribution in [2.75, 3.05) is 11.9 Å². The fourth-order valence-electron chi connectivity index (χ4n) is 2.91. The predicted molar refractivity (Wildman–Crippen MR) is 91.7 cm³/mol. The molecule has 1 aliphatic rings. The summed E-state index contributed by atoms with van der Waals surface area (Å²) in [5.74, 6) is 0.878. The Labute approximate surface area is 137 Å². The highest BCUT2D eigenvalue weighted by Gasteiger charge is 2.31. The molecule has 0 radical (unpaired) electrons. The first-order valence-electron chi connectivity index (χ1n) is 8.03. The monoisotopic (exact) mass is 310 g/mol. The summed E-state index contributed by atoms with van der Waals surface area (Å²) in [6.07, 6.45) is -0.0627. The number of hydrogen-bond donors (Lipinski definition) is 1. The molecule has 2 aromatic rings. The number of para-hydroxylation sites is 1. The van der Waals surface area contributed by atoms with Gasteiger partial charge in [-0.1, -0.05) is 24.3 Å². The fourth-order valence-corrected chi connectivity index (χ4v) is 2.91. The molecule has 1 aliphatic heterocycles. The lowest BCUT2D eigenvalue weighted by Gasteiger charge is -2.37. The number of amides is 1. The normalized spacial score (nSPS) is 17.0. The standard InChI is InChI=1S/C19H22N2O2/c1-4-21-18(14-8-7-9-15(12-14)23-13(2)3)20-17-11-6-5-10-16(17)19(21)22/h5-13,18,20H,4H2,1-3H3. The number of fused-ring (bicyclic) bond motifs is 1. The van der Waals surface area contributed by atoms with Crippen LogP contribution in [0.5, 0.6) is 5.75 Å². The number of ether oxygens (including phenoxy) is 1. The average Bonchev–Trinajstić information content (AvgIpc) is 2.54. The van der Waals surface area contributed by atoms with Crippen molar-refractivity contribution in [3.8, 4) is 5.75 Å². The maximum absolute atomic E-state index is 12.7. The lowest BCUT2D eigenvalue weighted by atomic mass is 10.0. The third kappa shape index (κ3) is 3.02. The van der Waals surface area contributed by atoms with Crippen LogP contribution in [0.4, 0.5) is 5.69 Å². The maximum Gasteiger partial charge on any atom is 0.257 e. The van der Waals surface area contributed by atoms with E-state index in [0.29, 0.717) is 6.54 Å². The van der Waals surface area contributed by atoms with Crippen molar-refractivity contribution in [3.05, 3.63) is 59.7 Å². The third-order valence-corrected chi connectivity index (χ3v) is 3.91. The molecule has 120 valence electrons. The minimum Gasteiger partial charge on any atom is -0.491 e. The summed E-state index contributed by atoms with van der Waals surface area (Å²) in [5.41, 5.74) is 2.62. The number of carbonyl (C=O) groups is 1. The fraction of sp³-hybridized carbons (Fsp3) is 0.316. The number of carbonyl (C=O) groups excluding carboxylic acids is 1. The molecule has 1 amide bonds. The van der Waals surface area contributed by atoms with E-state index in [9.17, 15) is 4.79 Å². The van der Waals surface area contributed by atoms with Gasteiger partial charge in [-0.25, -0.2) is 0 Å². The van der Waals surface area contributed by atoms with E-state index in [2.05, 4.69) is 5.32 Å². The van der Waals surface area contributed by atoms with Gasteiger partial charge in [-0.05, 0) is 50.6 Å². The summed E-state index contributed by atoms with van der Waals surface area (Å²) < 4.78 is 5.78. The molecule has 0 bridgehead atoms. The lowest BCUT2D eigenvalue weighted by Crippen LogP contribution is -2.42. The second kappa shape index (κ2) is 6.32. The van der Waals surface area contributed by atoms with Crippen molar-refractivity contribution in [2.45, 2.75) is 33.0 Å². The topological polar surface area (TPSA) is 41.6 Å². The molecule has 1 heterocycles. The van der Waals surface area contributed by atoms with Gasteiger partial charge >= 0.3 is 0 Å². The molecule has 0 saturated heterocycles. The lowest BCUT2D eigenvalue weighted by molar-refractivity contribution is 0.0694. The molecule has 1 atom stereocenters. The van der Waals surface area contributed by atoms with Crippen LogP contribution in [0.25, 0.3) is 0 Å². The summed E-state index contributed by atoms with van der Waals surface area (Å²) in [4.78, 5) is 14.6. The Bertz CT molecular complexity index is 712. The zero-order valence-electron chi connectivity index (χ0n) is 13.7. The van der Waals surface area contributed by atoms with E-state index < -0.39 is 0 Å². The molecule has 4 heteroatoms. The van der Waals surface area contributed by atoms with Gasteiger partial charge in [-0.2, -0.15) is 0 Å². The molecule has 2 aromatic carbocycles. The smallest absolute Gasteiger partial charge is 0.257 e. The highest BCUT2D eigenvalue weighted by Crippen LogP contribution is 2.33. The van der Waals surface area contributed by atoms with E-state index in [4.69, 9.17) is 4.74 Å². The summed E-state index contributed by atoms with van der Waals surface area (Å²) in [6.45, 7) is 6.64. The van der Waals surface area contributed by atoms with Crippen molar-refractivity contribution in [2.24, 2.45) is 0 Å². The molecule has 23 heavy (non-hydrogen) atoms. The Morgan fingerprint density at radius 2 is 1.96 bits per heavy atom. The second-order valence-electron chi connectivity index (χ2n) is 5.92. The van der Waals surface area contributed by atoms with Crippen LogP contribution in [-0.2, 0) is 0 Å². The summed E-state index contributed by atoms with van der Waals surface area (Å²) in [6, 6.07) is 15.6. The summed E-state index contributed by atoms with van der Waals surface area (Å²) in [7, 11) is 0. The van der Waals surface area contributed by atoms with Gasteiger partial charge in [0, 0.05) is 12.2 Å². The first kappa shape index (κ1) is 15.4. The first-order valence-corrected chi connectivity index (χ1v) is 8.03. The zero-order chi connectivity index (χ0) is 16.4. The van der Waals surface area contributed by atoms with Gasteiger partial charge in [0.15, 0.2) is 0 Å². The second-order valence-corrected chi connectivity index (χ2v) is 5.92. The minimum absolute atomic E-state index is 0.0574. The highest BCUT2D eigenvalue weighted by atomic mass is 16.5. The van der Waals surface area contributed by atoms with Crippen LogP contribution >= 0.6 is 0 Å². The van der Waals surface area contributed by atoms with Gasteiger partial charge < -0.3 is 15.0 Å². The van der Waals surface area contributed by atoms with E-state index in [-0.39, 0.29) is 18.2 Å². The average molecular weight is 310 g/mol. The van der Waals surface area contributed by atoms with Crippen LogP contribution in [0.2, 0.25) is 0 Å². The number of nitrogens with zero attached hydrogens (tertiary/aromatic N) is 1. The Kier molecular flexibility index (Phi) is 4.24. The van der Waals surface area contributed by atoms with Crippen LogP contribution < -0.4 is 10.1 Å². The molecule has 0 saturated carbocycles. The molecular formula is C19H22N2O2. The molecule has 0 fully saturated rings. The third-order valence-electron chi connectivity index (χ3n) is 3.91. The first-order chi connectivity index (χ1) is 11.1. The number of hydrogen-bond acceptors (Lipinski definition) is 3. The van der Waals surface area contributed by atoms with Crippen LogP contribution in [-0.4, -0.2) is 23.5 Å². The van der Waals surface area contributed by atoms with Crippen molar-refractivity contribution in [1.82, 2.24) is 4.90 Å². The van der Waals surface area contributed by atoms with Gasteiger partial charge in [0.1, 0.15) is 11.9 Å². The van der Waals surface area contributed by atoms with Gasteiger partial charge in [0.2, 0.25) is 0 Å². The molecule has 4 nitrogen and oxygen atoms in total. The maximum atomic E-state index is 12.7. The number of anilines is 1. The number of rotatable bonds is 4. The molecule has 0 aliphatic carbocycles. The number of benzene rings is 2. The van der Waals surface area contributed by atoms with Crippen molar-refractivity contribution in [1.29, 1.82) is 0 Å². The summed E-state index contributed by atoms with van der Waals surface area (Å²) >= 11 is 0. The summed E-state index contributed by atoms with van der Waals surface area (Å²) in [5, 5.41) is 3.47. The highest BCUT2D eigenvalue weighted by molar-refractivity contribution is 6.01. The molecule has 0 aromatic heterocycles. The van der Waals surface area contributed by atoms with Crippen LogP contribution in [0.3, 0.4) is 0 Å². The van der Waals surface area contributed by atoms with Crippen LogP contribution in [0.1, 0.15) is 42.9 Å². The van der Waals surface area contributed by atoms with E-state index in [1.807, 2.05) is 74.2 Å².